The van der Waals surface area contributed by atoms with Crippen LogP contribution in [0.1, 0.15) is 28.2 Å². The molecule has 1 heterocycles. The fourth-order valence-electron chi connectivity index (χ4n) is 1.83. The zero-order valence-electron chi connectivity index (χ0n) is 9.62. The molecule has 1 saturated carbocycles. The molecule has 1 aromatic rings. The Morgan fingerprint density at radius 3 is 2.75 bits per heavy atom. The fraction of sp³-hybridized carbons (Fsp3) is 0.583. The number of carbonyl (C=O) groups is 1. The summed E-state index contributed by atoms with van der Waals surface area (Å²) < 4.78 is 0. The minimum atomic E-state index is -0.715. The SMILES string of the molecule is Cc1cc(CNC(C(=O)O)C2CC2)sc1C. The van der Waals surface area contributed by atoms with Crippen molar-refractivity contribution in [1.29, 1.82) is 0 Å². The summed E-state index contributed by atoms with van der Waals surface area (Å²) in [7, 11) is 0. The summed E-state index contributed by atoms with van der Waals surface area (Å²) in [6, 6.07) is 1.78. The Morgan fingerprint density at radius 1 is 1.62 bits per heavy atom. The third-order valence-electron chi connectivity index (χ3n) is 3.07. The molecule has 0 aromatic carbocycles. The van der Waals surface area contributed by atoms with Gasteiger partial charge in [-0.1, -0.05) is 0 Å². The van der Waals surface area contributed by atoms with Crippen molar-refractivity contribution in [3.63, 3.8) is 0 Å². The van der Waals surface area contributed by atoms with Gasteiger partial charge in [-0.25, -0.2) is 0 Å². The summed E-state index contributed by atoms with van der Waals surface area (Å²) in [6.07, 6.45) is 2.10. The van der Waals surface area contributed by atoms with E-state index in [-0.39, 0.29) is 6.04 Å². The average Bonchev–Trinajstić information content (AvgIpc) is 2.96. The van der Waals surface area contributed by atoms with Gasteiger partial charge < -0.3 is 5.11 Å². The smallest absolute Gasteiger partial charge is 0.320 e. The quantitative estimate of drug-likeness (QED) is 0.829. The standard InChI is InChI=1S/C12H17NO2S/c1-7-5-10(16-8(7)2)6-13-11(12(14)15)9-3-4-9/h5,9,11,13H,3-4,6H2,1-2H3,(H,14,15). The maximum atomic E-state index is 11.0. The predicted molar refractivity (Wildman–Crippen MR) is 64.8 cm³/mol. The lowest BCUT2D eigenvalue weighted by atomic mass is 10.2. The zero-order chi connectivity index (χ0) is 11.7. The minimum absolute atomic E-state index is 0.347. The first-order chi connectivity index (χ1) is 7.58. The van der Waals surface area contributed by atoms with E-state index in [1.165, 1.54) is 15.3 Å². The van der Waals surface area contributed by atoms with Crippen molar-refractivity contribution in [1.82, 2.24) is 5.32 Å². The van der Waals surface area contributed by atoms with Gasteiger partial charge in [0.25, 0.3) is 0 Å². The van der Waals surface area contributed by atoms with E-state index < -0.39 is 5.97 Å². The van der Waals surface area contributed by atoms with Crippen molar-refractivity contribution < 1.29 is 9.90 Å². The Morgan fingerprint density at radius 2 is 2.31 bits per heavy atom. The van der Waals surface area contributed by atoms with Crippen molar-refractivity contribution >= 4 is 17.3 Å². The lowest BCUT2D eigenvalue weighted by Crippen LogP contribution is -2.37. The maximum Gasteiger partial charge on any atom is 0.320 e. The van der Waals surface area contributed by atoms with Gasteiger partial charge in [-0.05, 0) is 44.2 Å². The first-order valence-corrected chi connectivity index (χ1v) is 6.41. The average molecular weight is 239 g/mol. The van der Waals surface area contributed by atoms with Crippen molar-refractivity contribution in [3.05, 3.63) is 21.4 Å². The highest BCUT2D eigenvalue weighted by Crippen LogP contribution is 2.33. The van der Waals surface area contributed by atoms with Crippen LogP contribution >= 0.6 is 11.3 Å². The van der Waals surface area contributed by atoms with Gasteiger partial charge in [0.1, 0.15) is 6.04 Å². The minimum Gasteiger partial charge on any atom is -0.480 e. The molecule has 0 amide bonds. The van der Waals surface area contributed by atoms with E-state index >= 15 is 0 Å². The molecule has 0 aliphatic heterocycles. The fourth-order valence-corrected chi connectivity index (χ4v) is 2.84. The number of carboxylic acids is 1. The highest BCUT2D eigenvalue weighted by Gasteiger charge is 2.35. The number of aryl methyl sites for hydroxylation is 2. The van der Waals surface area contributed by atoms with Crippen LogP contribution < -0.4 is 5.32 Å². The van der Waals surface area contributed by atoms with Gasteiger partial charge in [0.05, 0.1) is 0 Å². The molecule has 1 aliphatic carbocycles. The van der Waals surface area contributed by atoms with Crippen LogP contribution in [0.4, 0.5) is 0 Å². The number of hydrogen-bond donors (Lipinski definition) is 2. The molecule has 1 unspecified atom stereocenters. The molecule has 0 radical (unpaired) electrons. The molecule has 0 saturated heterocycles. The van der Waals surface area contributed by atoms with Gasteiger partial charge in [-0.2, -0.15) is 0 Å². The number of rotatable bonds is 5. The summed E-state index contributed by atoms with van der Waals surface area (Å²) in [4.78, 5) is 13.6. The molecule has 2 N–H and O–H groups in total. The molecular formula is C12H17NO2S. The highest BCUT2D eigenvalue weighted by atomic mass is 32.1. The van der Waals surface area contributed by atoms with E-state index in [9.17, 15) is 4.79 Å². The van der Waals surface area contributed by atoms with E-state index in [2.05, 4.69) is 25.2 Å². The molecule has 0 bridgehead atoms. The summed E-state index contributed by atoms with van der Waals surface area (Å²) in [5.41, 5.74) is 1.29. The number of carboxylic acid groups (broad SMARTS) is 1. The maximum absolute atomic E-state index is 11.0. The molecule has 2 rings (SSSR count). The van der Waals surface area contributed by atoms with Crippen molar-refractivity contribution in [3.8, 4) is 0 Å². The van der Waals surface area contributed by atoms with Gasteiger partial charge in [0.2, 0.25) is 0 Å². The topological polar surface area (TPSA) is 49.3 Å². The second-order valence-electron chi connectivity index (χ2n) is 4.49. The molecule has 1 aromatic heterocycles. The van der Waals surface area contributed by atoms with Gasteiger partial charge in [0.15, 0.2) is 0 Å². The van der Waals surface area contributed by atoms with Crippen LogP contribution in [0.25, 0.3) is 0 Å². The summed E-state index contributed by atoms with van der Waals surface area (Å²) in [6.45, 7) is 4.86. The first-order valence-electron chi connectivity index (χ1n) is 5.60. The van der Waals surface area contributed by atoms with Crippen LogP contribution in [0.2, 0.25) is 0 Å². The lowest BCUT2D eigenvalue weighted by Gasteiger charge is -2.12. The van der Waals surface area contributed by atoms with Crippen LogP contribution in [-0.4, -0.2) is 17.1 Å². The Balaban J connectivity index is 1.92. The Kier molecular flexibility index (Phi) is 3.30. The highest BCUT2D eigenvalue weighted by molar-refractivity contribution is 7.12. The third kappa shape index (κ3) is 2.62. The number of nitrogens with one attached hydrogen (secondary N) is 1. The Bertz CT molecular complexity index is 376. The second kappa shape index (κ2) is 4.55. The van der Waals surface area contributed by atoms with Crippen LogP contribution in [0.15, 0.2) is 6.07 Å². The van der Waals surface area contributed by atoms with E-state index in [1.807, 2.05) is 0 Å². The summed E-state index contributed by atoms with van der Waals surface area (Å²) in [5, 5.41) is 12.2. The molecule has 88 valence electrons. The van der Waals surface area contributed by atoms with E-state index in [1.54, 1.807) is 11.3 Å². The second-order valence-corrected chi connectivity index (χ2v) is 5.83. The summed E-state index contributed by atoms with van der Waals surface area (Å²) in [5.74, 6) is -0.368. The summed E-state index contributed by atoms with van der Waals surface area (Å²) >= 11 is 1.74. The van der Waals surface area contributed by atoms with Crippen LogP contribution in [-0.2, 0) is 11.3 Å². The van der Waals surface area contributed by atoms with Crippen LogP contribution in [0.5, 0.6) is 0 Å². The van der Waals surface area contributed by atoms with Gasteiger partial charge in [0, 0.05) is 16.3 Å². The van der Waals surface area contributed by atoms with E-state index in [0.29, 0.717) is 12.5 Å². The molecule has 3 nitrogen and oxygen atoms in total. The molecule has 1 fully saturated rings. The third-order valence-corrected chi connectivity index (χ3v) is 4.23. The number of hydrogen-bond acceptors (Lipinski definition) is 3. The first kappa shape index (κ1) is 11.6. The molecule has 0 spiro atoms. The number of aliphatic carboxylic acids is 1. The Hall–Kier alpha value is -0.870. The molecular weight excluding hydrogens is 222 g/mol. The van der Waals surface area contributed by atoms with Gasteiger partial charge in [-0.3, -0.25) is 10.1 Å². The Labute approximate surface area is 99.5 Å². The van der Waals surface area contributed by atoms with Gasteiger partial charge in [-0.15, -0.1) is 11.3 Å². The van der Waals surface area contributed by atoms with Crippen molar-refractivity contribution in [2.45, 2.75) is 39.3 Å². The van der Waals surface area contributed by atoms with E-state index in [0.717, 1.165) is 12.8 Å². The number of thiophene rings is 1. The normalized spacial score (nSPS) is 17.4. The van der Waals surface area contributed by atoms with E-state index in [4.69, 9.17) is 5.11 Å². The molecule has 4 heteroatoms. The zero-order valence-corrected chi connectivity index (χ0v) is 10.4. The molecule has 16 heavy (non-hydrogen) atoms. The molecule has 1 aliphatic rings. The van der Waals surface area contributed by atoms with Gasteiger partial charge >= 0.3 is 5.97 Å². The lowest BCUT2D eigenvalue weighted by molar-refractivity contribution is -0.140. The van der Waals surface area contributed by atoms with Crippen molar-refractivity contribution in [2.24, 2.45) is 5.92 Å². The predicted octanol–water partition coefficient (Wildman–Crippen LogP) is 2.32. The van der Waals surface area contributed by atoms with Crippen molar-refractivity contribution in [2.75, 3.05) is 0 Å². The largest absolute Gasteiger partial charge is 0.480 e. The van der Waals surface area contributed by atoms with Crippen LogP contribution in [0, 0.1) is 19.8 Å². The molecule has 1 atom stereocenters. The van der Waals surface area contributed by atoms with Crippen LogP contribution in [0.3, 0.4) is 0 Å². The monoisotopic (exact) mass is 239 g/mol.